The van der Waals surface area contributed by atoms with Crippen molar-refractivity contribution in [1.82, 2.24) is 5.32 Å². The summed E-state index contributed by atoms with van der Waals surface area (Å²) in [5.74, 6) is 0.778. The van der Waals surface area contributed by atoms with Crippen LogP contribution in [0.2, 0.25) is 0 Å². The van der Waals surface area contributed by atoms with Crippen LogP contribution in [0.25, 0.3) is 0 Å². The molecule has 1 nitrogen and oxygen atoms in total. The zero-order chi connectivity index (χ0) is 14.0. The summed E-state index contributed by atoms with van der Waals surface area (Å²) < 4.78 is 1.18. The van der Waals surface area contributed by atoms with Crippen LogP contribution in [-0.4, -0.2) is 12.6 Å². The molecular weight excluding hydrogens is 310 g/mol. The summed E-state index contributed by atoms with van der Waals surface area (Å²) in [4.78, 5) is 0. The Balaban J connectivity index is 1.43. The molecule has 0 spiro atoms. The molecule has 2 aliphatic carbocycles. The van der Waals surface area contributed by atoms with Crippen molar-refractivity contribution in [2.24, 2.45) is 5.41 Å². The molecule has 2 heteroatoms. The van der Waals surface area contributed by atoms with Crippen LogP contribution in [0, 0.1) is 5.41 Å². The van der Waals surface area contributed by atoms with E-state index in [4.69, 9.17) is 0 Å². The molecule has 0 bridgehead atoms. The number of hydrogen-bond donors (Lipinski definition) is 1. The molecule has 0 amide bonds. The van der Waals surface area contributed by atoms with Gasteiger partial charge in [0.2, 0.25) is 0 Å². The van der Waals surface area contributed by atoms with Crippen molar-refractivity contribution < 1.29 is 0 Å². The maximum absolute atomic E-state index is 3.83. The Kier molecular flexibility index (Phi) is 4.52. The highest BCUT2D eigenvalue weighted by atomic mass is 79.9. The number of hydrogen-bond acceptors (Lipinski definition) is 1. The van der Waals surface area contributed by atoms with E-state index in [1.807, 2.05) is 0 Å². The summed E-state index contributed by atoms with van der Waals surface area (Å²) in [6.45, 7) is 3.70. The first-order chi connectivity index (χ1) is 9.65. The van der Waals surface area contributed by atoms with Gasteiger partial charge in [0.1, 0.15) is 0 Å². The minimum absolute atomic E-state index is 0.570. The molecule has 2 aliphatic rings. The normalized spacial score (nSPS) is 28.9. The maximum atomic E-state index is 3.83. The highest BCUT2D eigenvalue weighted by molar-refractivity contribution is 9.10. The van der Waals surface area contributed by atoms with Gasteiger partial charge in [-0.1, -0.05) is 54.2 Å². The van der Waals surface area contributed by atoms with Gasteiger partial charge in [0.15, 0.2) is 0 Å². The van der Waals surface area contributed by atoms with Crippen LogP contribution in [0.15, 0.2) is 28.7 Å². The first-order valence-corrected chi connectivity index (χ1v) is 8.93. The Labute approximate surface area is 131 Å². The van der Waals surface area contributed by atoms with Crippen LogP contribution in [0.3, 0.4) is 0 Å². The first-order valence-electron chi connectivity index (χ1n) is 8.13. The van der Waals surface area contributed by atoms with Crippen molar-refractivity contribution in [3.8, 4) is 0 Å². The van der Waals surface area contributed by atoms with Crippen molar-refractivity contribution in [3.05, 3.63) is 34.3 Å². The molecule has 0 atom stereocenters. The fourth-order valence-corrected chi connectivity index (χ4v) is 4.03. The van der Waals surface area contributed by atoms with E-state index in [2.05, 4.69) is 52.4 Å². The monoisotopic (exact) mass is 335 g/mol. The summed E-state index contributed by atoms with van der Waals surface area (Å²) >= 11 is 3.51. The fraction of sp³-hybridized carbons (Fsp3) is 0.667. The molecule has 1 aromatic rings. The molecule has 0 aliphatic heterocycles. The van der Waals surface area contributed by atoms with E-state index in [1.54, 1.807) is 0 Å². The van der Waals surface area contributed by atoms with E-state index in [1.165, 1.54) is 61.5 Å². The third-order valence-corrected chi connectivity index (χ3v) is 5.89. The molecule has 0 radical (unpaired) electrons. The zero-order valence-corrected chi connectivity index (χ0v) is 14.1. The van der Waals surface area contributed by atoms with Crippen LogP contribution >= 0.6 is 15.9 Å². The van der Waals surface area contributed by atoms with E-state index in [0.717, 1.165) is 12.0 Å². The van der Waals surface area contributed by atoms with Gasteiger partial charge in [-0.25, -0.2) is 0 Å². The van der Waals surface area contributed by atoms with Crippen LogP contribution in [0.4, 0.5) is 0 Å². The Morgan fingerprint density at radius 2 is 1.75 bits per heavy atom. The summed E-state index contributed by atoms with van der Waals surface area (Å²) in [7, 11) is 0. The first kappa shape index (κ1) is 14.6. The second-order valence-electron chi connectivity index (χ2n) is 7.17. The standard InChI is InChI=1S/C18H26BrN/c1-18(9-3-2-4-10-18)13-20-17-11-15(12-17)14-5-7-16(19)8-6-14/h5-8,15,17,20H,2-4,9-13H2,1H3. The van der Waals surface area contributed by atoms with Crippen LogP contribution in [0.5, 0.6) is 0 Å². The van der Waals surface area contributed by atoms with Crippen molar-refractivity contribution in [2.75, 3.05) is 6.54 Å². The summed E-state index contributed by atoms with van der Waals surface area (Å²) in [6, 6.07) is 9.63. The van der Waals surface area contributed by atoms with Gasteiger partial charge in [-0.3, -0.25) is 0 Å². The summed E-state index contributed by atoms with van der Waals surface area (Å²) in [6.07, 6.45) is 9.79. The van der Waals surface area contributed by atoms with E-state index in [0.29, 0.717) is 5.41 Å². The lowest BCUT2D eigenvalue weighted by Gasteiger charge is -2.40. The van der Waals surface area contributed by atoms with Gasteiger partial charge in [0, 0.05) is 17.1 Å². The second kappa shape index (κ2) is 6.19. The number of nitrogens with one attached hydrogen (secondary N) is 1. The SMILES string of the molecule is CC1(CNC2CC(c3ccc(Br)cc3)C2)CCCCC1. The molecule has 2 fully saturated rings. The predicted molar refractivity (Wildman–Crippen MR) is 89.1 cm³/mol. The third kappa shape index (κ3) is 3.46. The molecule has 2 saturated carbocycles. The predicted octanol–water partition coefficient (Wildman–Crippen LogP) is 5.26. The molecule has 3 rings (SSSR count). The molecule has 0 heterocycles. The lowest BCUT2D eigenvalue weighted by molar-refractivity contribution is 0.178. The number of rotatable bonds is 4. The molecule has 0 saturated heterocycles. The second-order valence-corrected chi connectivity index (χ2v) is 8.08. The Bertz CT molecular complexity index is 427. The quantitative estimate of drug-likeness (QED) is 0.791. The molecule has 110 valence electrons. The van der Waals surface area contributed by atoms with E-state index in [-0.39, 0.29) is 0 Å². The summed E-state index contributed by atoms with van der Waals surface area (Å²) in [5.41, 5.74) is 2.08. The highest BCUT2D eigenvalue weighted by Gasteiger charge is 2.33. The van der Waals surface area contributed by atoms with E-state index in [9.17, 15) is 0 Å². The number of halogens is 1. The van der Waals surface area contributed by atoms with Gasteiger partial charge in [0.25, 0.3) is 0 Å². The minimum atomic E-state index is 0.570. The van der Waals surface area contributed by atoms with E-state index >= 15 is 0 Å². The lowest BCUT2D eigenvalue weighted by Crippen LogP contribution is -2.45. The zero-order valence-electron chi connectivity index (χ0n) is 12.5. The lowest BCUT2D eigenvalue weighted by atomic mass is 9.73. The van der Waals surface area contributed by atoms with Gasteiger partial charge in [-0.15, -0.1) is 0 Å². The third-order valence-electron chi connectivity index (χ3n) is 5.36. The van der Waals surface area contributed by atoms with Gasteiger partial charge < -0.3 is 5.32 Å². The van der Waals surface area contributed by atoms with Crippen LogP contribution in [0.1, 0.15) is 63.4 Å². The number of benzene rings is 1. The van der Waals surface area contributed by atoms with Crippen molar-refractivity contribution in [2.45, 2.75) is 63.8 Å². The maximum Gasteiger partial charge on any atom is 0.0175 e. The summed E-state index contributed by atoms with van der Waals surface area (Å²) in [5, 5.41) is 3.83. The topological polar surface area (TPSA) is 12.0 Å². The highest BCUT2D eigenvalue weighted by Crippen LogP contribution is 2.39. The largest absolute Gasteiger partial charge is 0.313 e. The molecule has 0 aromatic heterocycles. The van der Waals surface area contributed by atoms with Gasteiger partial charge >= 0.3 is 0 Å². The fourth-order valence-electron chi connectivity index (χ4n) is 3.76. The molecule has 1 N–H and O–H groups in total. The van der Waals surface area contributed by atoms with Crippen molar-refractivity contribution >= 4 is 15.9 Å². The van der Waals surface area contributed by atoms with Gasteiger partial charge in [-0.05, 0) is 54.7 Å². The van der Waals surface area contributed by atoms with Crippen LogP contribution < -0.4 is 5.32 Å². The van der Waals surface area contributed by atoms with Crippen molar-refractivity contribution in [1.29, 1.82) is 0 Å². The smallest absolute Gasteiger partial charge is 0.0175 e. The molecule has 0 unspecified atom stereocenters. The van der Waals surface area contributed by atoms with Gasteiger partial charge in [0.05, 0.1) is 0 Å². The minimum Gasteiger partial charge on any atom is -0.313 e. The van der Waals surface area contributed by atoms with Crippen LogP contribution in [-0.2, 0) is 0 Å². The molecule has 1 aromatic carbocycles. The molecular formula is C18H26BrN. The average Bonchev–Trinajstić information content (AvgIpc) is 2.40. The molecule has 20 heavy (non-hydrogen) atoms. The Morgan fingerprint density at radius 3 is 2.40 bits per heavy atom. The van der Waals surface area contributed by atoms with E-state index < -0.39 is 0 Å². The van der Waals surface area contributed by atoms with Crippen molar-refractivity contribution in [3.63, 3.8) is 0 Å². The Hall–Kier alpha value is -0.340. The average molecular weight is 336 g/mol. The van der Waals surface area contributed by atoms with Gasteiger partial charge in [-0.2, -0.15) is 0 Å². The Morgan fingerprint density at radius 1 is 1.10 bits per heavy atom.